The number of halogens is 1. The molecule has 0 aliphatic carbocycles. The number of amides is 1. The Morgan fingerprint density at radius 1 is 1.25 bits per heavy atom. The van der Waals surface area contributed by atoms with Gasteiger partial charge in [-0.25, -0.2) is 4.99 Å². The maximum Gasteiger partial charge on any atom is 0.241 e. The normalized spacial score (nSPS) is 17.7. The first-order valence-electron chi connectivity index (χ1n) is 8.44. The molecule has 3 N–H and O–H groups in total. The minimum absolute atomic E-state index is 0.0578. The minimum Gasteiger partial charge on any atom is -0.369 e. The van der Waals surface area contributed by atoms with Gasteiger partial charge in [-0.1, -0.05) is 15.9 Å². The topological polar surface area (TPSA) is 68.8 Å². The molecular weight excluding hydrogens is 370 g/mol. The van der Waals surface area contributed by atoms with Crippen molar-refractivity contribution in [3.8, 4) is 0 Å². The fraction of sp³-hybridized carbons (Fsp3) is 0.529. The molecule has 1 aliphatic heterocycles. The van der Waals surface area contributed by atoms with Gasteiger partial charge in [0.2, 0.25) is 5.91 Å². The molecule has 0 spiro atoms. The molecule has 1 heterocycles. The molecule has 132 valence electrons. The molecule has 1 aromatic rings. The summed E-state index contributed by atoms with van der Waals surface area (Å²) in [4.78, 5) is 18.3. The van der Waals surface area contributed by atoms with Gasteiger partial charge in [0.05, 0.1) is 0 Å². The molecule has 0 saturated carbocycles. The van der Waals surface area contributed by atoms with E-state index >= 15 is 0 Å². The second kappa shape index (κ2) is 9.52. The quantitative estimate of drug-likeness (QED) is 0.506. The molecule has 24 heavy (non-hydrogen) atoms. The molecule has 1 aromatic carbocycles. The van der Waals surface area contributed by atoms with Gasteiger partial charge in [-0.15, -0.1) is 0 Å². The number of benzene rings is 1. The number of carbonyl (C=O) groups excluding carboxylic acids is 1. The van der Waals surface area contributed by atoms with Crippen molar-refractivity contribution < 1.29 is 4.79 Å². The molecule has 1 fully saturated rings. The lowest BCUT2D eigenvalue weighted by atomic mass is 10.3. The zero-order valence-electron chi connectivity index (χ0n) is 14.3. The third-order valence-corrected chi connectivity index (χ3v) is 4.35. The minimum atomic E-state index is -0.0578. The molecule has 6 nitrogen and oxygen atoms in total. The van der Waals surface area contributed by atoms with Crippen LogP contribution in [0.2, 0.25) is 0 Å². The second-order valence-electron chi connectivity index (χ2n) is 5.70. The van der Waals surface area contributed by atoms with Crippen molar-refractivity contribution in [2.45, 2.75) is 26.3 Å². The molecule has 0 aromatic heterocycles. The van der Waals surface area contributed by atoms with Crippen molar-refractivity contribution in [1.82, 2.24) is 16.0 Å². The number of hydrogen-bond acceptors (Lipinski definition) is 3. The molecule has 1 saturated heterocycles. The predicted octanol–water partition coefficient (Wildman–Crippen LogP) is 1.72. The van der Waals surface area contributed by atoms with Gasteiger partial charge in [-0.3, -0.25) is 4.79 Å². The number of aliphatic imine (C=N–C) groups is 1. The summed E-state index contributed by atoms with van der Waals surface area (Å²) >= 11 is 3.47. The van der Waals surface area contributed by atoms with Crippen LogP contribution >= 0.6 is 15.9 Å². The van der Waals surface area contributed by atoms with Crippen LogP contribution in [0.3, 0.4) is 0 Å². The van der Waals surface area contributed by atoms with E-state index < -0.39 is 0 Å². The average Bonchev–Trinajstić information content (AvgIpc) is 3.02. The maximum atomic E-state index is 11.6. The van der Waals surface area contributed by atoms with Gasteiger partial charge in [0, 0.05) is 42.4 Å². The Kier molecular flexibility index (Phi) is 7.36. The fourth-order valence-corrected chi connectivity index (χ4v) is 2.95. The van der Waals surface area contributed by atoms with Crippen molar-refractivity contribution >= 4 is 33.5 Å². The number of likely N-dealkylation sites (N-methyl/N-ethyl adjacent to an activating group) is 1. The Morgan fingerprint density at radius 3 is 2.62 bits per heavy atom. The molecule has 1 atom stereocenters. The SMILES string of the molecule is CCNC(=O)CN=C(NCC)NC1CCN(c2ccc(Br)cc2)C1. The van der Waals surface area contributed by atoms with Crippen LogP contribution in [0.1, 0.15) is 20.3 Å². The van der Waals surface area contributed by atoms with Crippen molar-refractivity contribution in [3.05, 3.63) is 28.7 Å². The summed E-state index contributed by atoms with van der Waals surface area (Å²) in [6.07, 6.45) is 1.04. The standard InChI is InChI=1S/C17H26BrN5O/c1-3-19-16(24)11-21-17(20-4-2)22-14-9-10-23(12-14)15-7-5-13(18)6-8-15/h5-8,14H,3-4,9-12H2,1-2H3,(H,19,24)(H2,20,21,22). The molecule has 0 bridgehead atoms. The van der Waals surface area contributed by atoms with Crippen LogP contribution < -0.4 is 20.9 Å². The summed E-state index contributed by atoms with van der Waals surface area (Å²) in [6.45, 7) is 7.40. The van der Waals surface area contributed by atoms with E-state index in [0.29, 0.717) is 18.5 Å². The zero-order valence-corrected chi connectivity index (χ0v) is 15.9. The third-order valence-electron chi connectivity index (χ3n) is 3.82. The van der Waals surface area contributed by atoms with Gasteiger partial charge in [0.25, 0.3) is 0 Å². The van der Waals surface area contributed by atoms with Crippen LogP contribution in [0, 0.1) is 0 Å². The first kappa shape index (κ1) is 18.6. The largest absolute Gasteiger partial charge is 0.369 e. The highest BCUT2D eigenvalue weighted by molar-refractivity contribution is 9.10. The Hall–Kier alpha value is -1.76. The van der Waals surface area contributed by atoms with Gasteiger partial charge in [0.15, 0.2) is 5.96 Å². The van der Waals surface area contributed by atoms with Crippen LogP contribution in [0.25, 0.3) is 0 Å². The maximum absolute atomic E-state index is 11.6. The molecule has 2 rings (SSSR count). The van der Waals surface area contributed by atoms with Crippen LogP contribution in [0.15, 0.2) is 33.7 Å². The van der Waals surface area contributed by atoms with Crippen LogP contribution in [-0.4, -0.2) is 50.6 Å². The smallest absolute Gasteiger partial charge is 0.241 e. The van der Waals surface area contributed by atoms with E-state index in [0.717, 1.165) is 30.5 Å². The second-order valence-corrected chi connectivity index (χ2v) is 6.62. The van der Waals surface area contributed by atoms with Crippen LogP contribution in [-0.2, 0) is 4.79 Å². The summed E-state index contributed by atoms with van der Waals surface area (Å²) in [6, 6.07) is 8.70. The summed E-state index contributed by atoms with van der Waals surface area (Å²) in [5.41, 5.74) is 1.23. The predicted molar refractivity (Wildman–Crippen MR) is 103 cm³/mol. The first-order chi connectivity index (χ1) is 11.6. The third kappa shape index (κ3) is 5.70. The Balaban J connectivity index is 1.89. The van der Waals surface area contributed by atoms with Crippen LogP contribution in [0.4, 0.5) is 5.69 Å². The molecule has 7 heteroatoms. The van der Waals surface area contributed by atoms with E-state index in [1.807, 2.05) is 13.8 Å². The Bertz CT molecular complexity index is 561. The first-order valence-corrected chi connectivity index (χ1v) is 9.23. The molecule has 1 amide bonds. The van der Waals surface area contributed by atoms with E-state index in [1.54, 1.807) is 0 Å². The number of carbonyl (C=O) groups is 1. The van der Waals surface area contributed by atoms with Gasteiger partial charge in [-0.05, 0) is 44.5 Å². The van der Waals surface area contributed by atoms with Crippen molar-refractivity contribution in [2.24, 2.45) is 4.99 Å². The van der Waals surface area contributed by atoms with Crippen molar-refractivity contribution in [1.29, 1.82) is 0 Å². The Labute approximate surface area is 152 Å². The molecular formula is C17H26BrN5O. The number of nitrogens with one attached hydrogen (secondary N) is 3. The highest BCUT2D eigenvalue weighted by Gasteiger charge is 2.23. The van der Waals surface area contributed by atoms with Gasteiger partial charge >= 0.3 is 0 Å². The fourth-order valence-electron chi connectivity index (χ4n) is 2.68. The Morgan fingerprint density at radius 2 is 1.96 bits per heavy atom. The van der Waals surface area contributed by atoms with E-state index in [9.17, 15) is 4.79 Å². The van der Waals surface area contributed by atoms with Crippen molar-refractivity contribution in [2.75, 3.05) is 37.6 Å². The highest BCUT2D eigenvalue weighted by atomic mass is 79.9. The number of anilines is 1. The number of guanidine groups is 1. The lowest BCUT2D eigenvalue weighted by Gasteiger charge is -2.20. The van der Waals surface area contributed by atoms with E-state index in [-0.39, 0.29) is 12.5 Å². The summed E-state index contributed by atoms with van der Waals surface area (Å²) in [5, 5.41) is 9.39. The average molecular weight is 396 g/mol. The monoisotopic (exact) mass is 395 g/mol. The number of rotatable bonds is 6. The molecule has 1 aliphatic rings. The summed E-state index contributed by atoms with van der Waals surface area (Å²) in [7, 11) is 0. The zero-order chi connectivity index (χ0) is 17.4. The number of nitrogens with zero attached hydrogens (tertiary/aromatic N) is 2. The van der Waals surface area contributed by atoms with E-state index in [1.165, 1.54) is 5.69 Å². The number of hydrogen-bond donors (Lipinski definition) is 3. The van der Waals surface area contributed by atoms with Gasteiger partial charge in [-0.2, -0.15) is 0 Å². The summed E-state index contributed by atoms with van der Waals surface area (Å²) in [5.74, 6) is 0.643. The van der Waals surface area contributed by atoms with E-state index in [4.69, 9.17) is 0 Å². The van der Waals surface area contributed by atoms with Gasteiger partial charge in [0.1, 0.15) is 6.54 Å². The van der Waals surface area contributed by atoms with Crippen LogP contribution in [0.5, 0.6) is 0 Å². The highest BCUT2D eigenvalue weighted by Crippen LogP contribution is 2.22. The van der Waals surface area contributed by atoms with E-state index in [2.05, 4.69) is 66.0 Å². The molecule has 1 unspecified atom stereocenters. The van der Waals surface area contributed by atoms with Crippen molar-refractivity contribution in [3.63, 3.8) is 0 Å². The summed E-state index contributed by atoms with van der Waals surface area (Å²) < 4.78 is 1.09. The lowest BCUT2D eigenvalue weighted by molar-refractivity contribution is -0.119. The molecule has 0 radical (unpaired) electrons. The van der Waals surface area contributed by atoms with Gasteiger partial charge < -0.3 is 20.9 Å². The lowest BCUT2D eigenvalue weighted by Crippen LogP contribution is -2.45.